The van der Waals surface area contributed by atoms with Crippen molar-refractivity contribution in [2.24, 2.45) is 0 Å². The quantitative estimate of drug-likeness (QED) is 0.465. The lowest BCUT2D eigenvalue weighted by Crippen LogP contribution is -2.65. The second-order valence-electron chi connectivity index (χ2n) is 8.26. The number of rotatable bonds is 9. The number of hydrogen-bond acceptors (Lipinski definition) is 6. The van der Waals surface area contributed by atoms with E-state index < -0.39 is 36.6 Å². The van der Waals surface area contributed by atoms with E-state index in [2.05, 4.69) is 0 Å². The second-order valence-corrected chi connectivity index (χ2v) is 8.26. The number of ether oxygens (including phenoxy) is 3. The molecule has 1 aliphatic rings. The van der Waals surface area contributed by atoms with Gasteiger partial charge in [-0.2, -0.15) is 0 Å². The van der Waals surface area contributed by atoms with Gasteiger partial charge in [0, 0.05) is 0 Å². The largest absolute Gasteiger partial charge is 0.387 e. The summed E-state index contributed by atoms with van der Waals surface area (Å²) in [5.41, 5.74) is 2.74. The summed E-state index contributed by atoms with van der Waals surface area (Å²) >= 11 is 0. The molecule has 3 aromatic rings. The van der Waals surface area contributed by atoms with Gasteiger partial charge in [0.1, 0.15) is 36.6 Å². The monoisotopic (exact) mass is 450 g/mol. The fraction of sp³-hybridized carbons (Fsp3) is 0.333. The molecular formula is C27H30O6. The molecule has 3 N–H and O–H groups in total. The van der Waals surface area contributed by atoms with Gasteiger partial charge in [0.15, 0.2) is 0 Å². The van der Waals surface area contributed by atoms with Gasteiger partial charge < -0.3 is 29.5 Å². The Balaban J connectivity index is 1.49. The third kappa shape index (κ3) is 6.06. The minimum absolute atomic E-state index is 0.188. The van der Waals surface area contributed by atoms with E-state index in [1.807, 2.05) is 91.0 Å². The van der Waals surface area contributed by atoms with Gasteiger partial charge in [-0.3, -0.25) is 0 Å². The number of aliphatic hydroxyl groups excluding tert-OH is 3. The van der Waals surface area contributed by atoms with Gasteiger partial charge in [0.05, 0.1) is 19.8 Å². The van der Waals surface area contributed by atoms with Crippen molar-refractivity contribution in [2.75, 3.05) is 0 Å². The van der Waals surface area contributed by atoms with Gasteiger partial charge in [-0.15, -0.1) is 0 Å². The Labute approximate surface area is 194 Å². The first-order valence-electron chi connectivity index (χ1n) is 11.1. The molecule has 4 rings (SSSR count). The summed E-state index contributed by atoms with van der Waals surface area (Å²) in [5, 5.41) is 32.8. The Bertz CT molecular complexity index is 952. The maximum atomic E-state index is 11.1. The third-order valence-corrected chi connectivity index (χ3v) is 5.88. The van der Waals surface area contributed by atoms with Crippen molar-refractivity contribution in [2.45, 2.75) is 56.4 Å². The molecule has 0 saturated heterocycles. The molecule has 0 aliphatic heterocycles. The molecule has 1 aliphatic carbocycles. The minimum Gasteiger partial charge on any atom is -0.387 e. The predicted molar refractivity (Wildman–Crippen MR) is 123 cm³/mol. The smallest absolute Gasteiger partial charge is 0.115 e. The van der Waals surface area contributed by atoms with E-state index in [-0.39, 0.29) is 19.8 Å². The number of benzene rings is 3. The predicted octanol–water partition coefficient (Wildman–Crippen LogP) is 2.84. The van der Waals surface area contributed by atoms with Gasteiger partial charge in [-0.05, 0) is 16.7 Å². The molecule has 0 heterocycles. The van der Waals surface area contributed by atoms with Crippen molar-refractivity contribution in [1.82, 2.24) is 0 Å². The van der Waals surface area contributed by atoms with E-state index in [1.54, 1.807) is 0 Å². The Hall–Kier alpha value is -2.58. The summed E-state index contributed by atoms with van der Waals surface area (Å²) in [7, 11) is 0. The highest BCUT2D eigenvalue weighted by atomic mass is 16.6. The maximum Gasteiger partial charge on any atom is 0.115 e. The average molecular weight is 451 g/mol. The van der Waals surface area contributed by atoms with Crippen molar-refractivity contribution in [3.05, 3.63) is 108 Å². The molecule has 3 aromatic carbocycles. The first-order chi connectivity index (χ1) is 16.1. The third-order valence-electron chi connectivity index (χ3n) is 5.88. The van der Waals surface area contributed by atoms with Crippen LogP contribution in [0.5, 0.6) is 0 Å². The maximum absolute atomic E-state index is 11.1. The Morgan fingerprint density at radius 3 is 1.12 bits per heavy atom. The molecule has 1 saturated carbocycles. The lowest BCUT2D eigenvalue weighted by molar-refractivity contribution is -0.262. The minimum atomic E-state index is -1.33. The number of aliphatic hydroxyl groups is 3. The Morgan fingerprint density at radius 1 is 0.424 bits per heavy atom. The van der Waals surface area contributed by atoms with Crippen LogP contribution in [-0.2, 0) is 34.0 Å². The molecule has 0 radical (unpaired) electrons. The molecule has 6 atom stereocenters. The zero-order chi connectivity index (χ0) is 23.0. The van der Waals surface area contributed by atoms with E-state index in [0.717, 1.165) is 16.7 Å². The second kappa shape index (κ2) is 11.5. The van der Waals surface area contributed by atoms with Crippen LogP contribution in [0.2, 0.25) is 0 Å². The highest BCUT2D eigenvalue weighted by molar-refractivity contribution is 5.16. The Kier molecular flexibility index (Phi) is 8.23. The fourth-order valence-corrected chi connectivity index (χ4v) is 4.05. The SMILES string of the molecule is O[C@@H]1[C@@H](O)[C@@H](OCc2ccccc2)[C@@H](OCc2ccccc2)[C@@H](O)[C@@H]1OCc1ccccc1. The van der Waals surface area contributed by atoms with Crippen LogP contribution in [0.25, 0.3) is 0 Å². The molecule has 0 amide bonds. The van der Waals surface area contributed by atoms with E-state index in [0.29, 0.717) is 0 Å². The van der Waals surface area contributed by atoms with Crippen LogP contribution in [0.4, 0.5) is 0 Å². The van der Waals surface area contributed by atoms with Crippen molar-refractivity contribution in [1.29, 1.82) is 0 Å². The highest BCUT2D eigenvalue weighted by Crippen LogP contribution is 2.30. The highest BCUT2D eigenvalue weighted by Gasteiger charge is 2.51. The molecule has 1 fully saturated rings. The summed E-state index contributed by atoms with van der Waals surface area (Å²) in [4.78, 5) is 0. The summed E-state index contributed by atoms with van der Waals surface area (Å²) < 4.78 is 17.9. The molecule has 6 heteroatoms. The van der Waals surface area contributed by atoms with E-state index in [4.69, 9.17) is 14.2 Å². The molecule has 174 valence electrons. The van der Waals surface area contributed by atoms with Gasteiger partial charge in [-0.25, -0.2) is 0 Å². The van der Waals surface area contributed by atoms with Crippen LogP contribution >= 0.6 is 0 Å². The summed E-state index contributed by atoms with van der Waals surface area (Å²) in [6.45, 7) is 0.623. The molecule has 0 unspecified atom stereocenters. The van der Waals surface area contributed by atoms with Crippen LogP contribution < -0.4 is 0 Å². The van der Waals surface area contributed by atoms with Gasteiger partial charge >= 0.3 is 0 Å². The van der Waals surface area contributed by atoms with Gasteiger partial charge in [0.25, 0.3) is 0 Å². The van der Waals surface area contributed by atoms with E-state index >= 15 is 0 Å². The Morgan fingerprint density at radius 2 is 0.727 bits per heavy atom. The van der Waals surface area contributed by atoms with Crippen molar-refractivity contribution < 1.29 is 29.5 Å². The lowest BCUT2D eigenvalue weighted by atomic mass is 9.84. The normalized spacial score (nSPS) is 27.4. The first kappa shape index (κ1) is 23.6. The fourth-order valence-electron chi connectivity index (χ4n) is 4.05. The van der Waals surface area contributed by atoms with E-state index in [9.17, 15) is 15.3 Å². The van der Waals surface area contributed by atoms with Crippen LogP contribution in [0.15, 0.2) is 91.0 Å². The van der Waals surface area contributed by atoms with Crippen LogP contribution in [0.1, 0.15) is 16.7 Å². The van der Waals surface area contributed by atoms with Gasteiger partial charge in [-0.1, -0.05) is 91.0 Å². The van der Waals surface area contributed by atoms with Crippen LogP contribution in [0, 0.1) is 0 Å². The first-order valence-corrected chi connectivity index (χ1v) is 11.1. The summed E-state index contributed by atoms with van der Waals surface area (Å²) in [6.07, 6.45) is -6.68. The van der Waals surface area contributed by atoms with Crippen LogP contribution in [-0.4, -0.2) is 51.9 Å². The molecule has 6 nitrogen and oxygen atoms in total. The zero-order valence-corrected chi connectivity index (χ0v) is 18.3. The van der Waals surface area contributed by atoms with E-state index in [1.165, 1.54) is 0 Å². The molecule has 33 heavy (non-hydrogen) atoms. The molecule has 0 spiro atoms. The molecular weight excluding hydrogens is 420 g/mol. The average Bonchev–Trinajstić information content (AvgIpc) is 2.86. The summed E-state index contributed by atoms with van der Waals surface area (Å²) in [5.74, 6) is 0. The molecule has 0 aromatic heterocycles. The standard InChI is InChI=1S/C27H30O6/c28-22-23(29)26(32-17-20-12-6-2-7-13-20)27(33-18-21-14-8-3-9-15-21)24(30)25(22)31-16-19-10-4-1-5-11-19/h1-15,22-30H,16-18H2/t22-,23-,24+,25-,26-,27+/m1/s1. The summed E-state index contributed by atoms with van der Waals surface area (Å²) in [6, 6.07) is 28.6. The zero-order valence-electron chi connectivity index (χ0n) is 18.3. The van der Waals surface area contributed by atoms with Crippen molar-refractivity contribution in [3.63, 3.8) is 0 Å². The van der Waals surface area contributed by atoms with Crippen molar-refractivity contribution in [3.8, 4) is 0 Å². The number of hydrogen-bond donors (Lipinski definition) is 3. The topological polar surface area (TPSA) is 88.4 Å². The van der Waals surface area contributed by atoms with Gasteiger partial charge in [0.2, 0.25) is 0 Å². The molecule has 0 bridgehead atoms. The van der Waals surface area contributed by atoms with Crippen LogP contribution in [0.3, 0.4) is 0 Å². The van der Waals surface area contributed by atoms with Crippen molar-refractivity contribution >= 4 is 0 Å². The lowest BCUT2D eigenvalue weighted by Gasteiger charge is -2.45.